The van der Waals surface area contributed by atoms with Crippen molar-refractivity contribution in [3.63, 3.8) is 0 Å². The highest BCUT2D eigenvalue weighted by Gasteiger charge is 2.32. The van der Waals surface area contributed by atoms with Crippen molar-refractivity contribution in [1.29, 1.82) is 0 Å². The molecule has 32 heavy (non-hydrogen) atoms. The maximum Gasteiger partial charge on any atom is 0.159 e. The van der Waals surface area contributed by atoms with Crippen LogP contribution in [0.3, 0.4) is 0 Å². The van der Waals surface area contributed by atoms with Gasteiger partial charge in [0.2, 0.25) is 0 Å². The van der Waals surface area contributed by atoms with Gasteiger partial charge in [-0.15, -0.1) is 0 Å². The minimum Gasteiger partial charge on any atom is -0.508 e. The van der Waals surface area contributed by atoms with Gasteiger partial charge in [-0.2, -0.15) is 0 Å². The highest BCUT2D eigenvalue weighted by Crippen LogP contribution is 2.44. The zero-order valence-corrected chi connectivity index (χ0v) is 20.1. The van der Waals surface area contributed by atoms with E-state index in [1.807, 2.05) is 12.1 Å². The molecule has 0 saturated carbocycles. The standard InChI is InChI=1S/C28H39NO3/c1-19(2)17-23-6-5-22-18-25(30)11-12-26(22)27(23)20-7-9-24(10-8-20)29-15-13-21(14-16-29)28(31-3)32-4/h7-12,18-19,21,23,27-28,30H,5-6,13-17H2,1-4H3/t23-,27?/m1/s1. The van der Waals surface area contributed by atoms with Crippen LogP contribution in [0.15, 0.2) is 42.5 Å². The zero-order valence-electron chi connectivity index (χ0n) is 20.1. The zero-order chi connectivity index (χ0) is 22.7. The fraction of sp³-hybridized carbons (Fsp3) is 0.571. The average molecular weight is 438 g/mol. The Morgan fingerprint density at radius 3 is 2.28 bits per heavy atom. The predicted molar refractivity (Wildman–Crippen MR) is 130 cm³/mol. The van der Waals surface area contributed by atoms with Crippen molar-refractivity contribution >= 4 is 5.69 Å². The van der Waals surface area contributed by atoms with Crippen molar-refractivity contribution in [2.75, 3.05) is 32.2 Å². The fourth-order valence-corrected chi connectivity index (χ4v) is 5.99. The molecule has 1 N–H and O–H groups in total. The lowest BCUT2D eigenvalue weighted by Crippen LogP contribution is -2.39. The first-order valence-electron chi connectivity index (χ1n) is 12.2. The van der Waals surface area contributed by atoms with Gasteiger partial charge in [0.05, 0.1) is 0 Å². The van der Waals surface area contributed by atoms with Crippen LogP contribution in [0, 0.1) is 17.8 Å². The number of fused-ring (bicyclic) bond motifs is 1. The Hall–Kier alpha value is -2.04. The molecule has 1 fully saturated rings. The summed E-state index contributed by atoms with van der Waals surface area (Å²) in [5.74, 6) is 2.59. The molecule has 0 radical (unpaired) electrons. The van der Waals surface area contributed by atoms with E-state index in [0.717, 1.165) is 32.4 Å². The third-order valence-corrected chi connectivity index (χ3v) is 7.50. The Morgan fingerprint density at radius 1 is 0.969 bits per heavy atom. The van der Waals surface area contributed by atoms with E-state index in [2.05, 4.69) is 49.1 Å². The van der Waals surface area contributed by atoms with Gasteiger partial charge >= 0.3 is 0 Å². The molecule has 2 aliphatic rings. The van der Waals surface area contributed by atoms with Crippen LogP contribution in [-0.4, -0.2) is 38.7 Å². The Kier molecular flexibility index (Phi) is 7.42. The number of phenols is 1. The first-order chi connectivity index (χ1) is 15.5. The number of piperidine rings is 1. The van der Waals surface area contributed by atoms with Gasteiger partial charge in [0.25, 0.3) is 0 Å². The number of phenolic OH excluding ortho intramolecular Hbond substituents is 1. The van der Waals surface area contributed by atoms with Gasteiger partial charge < -0.3 is 19.5 Å². The molecule has 1 heterocycles. The molecule has 1 aliphatic heterocycles. The molecule has 4 nitrogen and oxygen atoms in total. The van der Waals surface area contributed by atoms with E-state index in [9.17, 15) is 5.11 Å². The molecule has 2 atom stereocenters. The summed E-state index contributed by atoms with van der Waals surface area (Å²) in [6.07, 6.45) is 5.57. The molecule has 1 aliphatic carbocycles. The highest BCUT2D eigenvalue weighted by molar-refractivity contribution is 5.51. The maximum atomic E-state index is 10.0. The number of hydrogen-bond acceptors (Lipinski definition) is 4. The number of ether oxygens (including phenoxy) is 2. The van der Waals surface area contributed by atoms with Gasteiger partial charge in [-0.3, -0.25) is 0 Å². The van der Waals surface area contributed by atoms with Crippen molar-refractivity contribution < 1.29 is 14.6 Å². The number of rotatable bonds is 7. The SMILES string of the molecule is COC(OC)C1CCN(c2ccc(C3c4ccc(O)cc4CC[C@@H]3CC(C)C)cc2)CC1. The number of benzene rings is 2. The second-order valence-electron chi connectivity index (χ2n) is 10.0. The molecule has 0 aromatic heterocycles. The van der Waals surface area contributed by atoms with Crippen LogP contribution in [0.5, 0.6) is 5.75 Å². The van der Waals surface area contributed by atoms with Crippen LogP contribution in [0.2, 0.25) is 0 Å². The van der Waals surface area contributed by atoms with Gasteiger partial charge in [0.1, 0.15) is 5.75 Å². The Bertz CT molecular complexity index is 867. The lowest BCUT2D eigenvalue weighted by atomic mass is 9.69. The predicted octanol–water partition coefficient (Wildman–Crippen LogP) is 5.97. The van der Waals surface area contributed by atoms with E-state index in [-0.39, 0.29) is 6.29 Å². The van der Waals surface area contributed by atoms with E-state index in [1.165, 1.54) is 35.2 Å². The molecular formula is C28H39NO3. The number of anilines is 1. The van der Waals surface area contributed by atoms with Crippen LogP contribution in [0.25, 0.3) is 0 Å². The van der Waals surface area contributed by atoms with Crippen LogP contribution >= 0.6 is 0 Å². The Morgan fingerprint density at radius 2 is 1.66 bits per heavy atom. The third kappa shape index (κ3) is 4.97. The van der Waals surface area contributed by atoms with E-state index < -0.39 is 0 Å². The largest absolute Gasteiger partial charge is 0.508 e. The number of aromatic hydroxyl groups is 1. The summed E-state index contributed by atoms with van der Waals surface area (Å²) in [7, 11) is 3.47. The van der Waals surface area contributed by atoms with Crippen molar-refractivity contribution in [2.24, 2.45) is 17.8 Å². The molecular weight excluding hydrogens is 398 g/mol. The minimum atomic E-state index is -0.0942. The van der Waals surface area contributed by atoms with Gasteiger partial charge in [-0.1, -0.05) is 32.0 Å². The van der Waals surface area contributed by atoms with Crippen LogP contribution in [0.4, 0.5) is 5.69 Å². The molecule has 0 spiro atoms. The van der Waals surface area contributed by atoms with Crippen molar-refractivity contribution in [2.45, 2.75) is 58.2 Å². The fourth-order valence-electron chi connectivity index (χ4n) is 5.99. The van der Waals surface area contributed by atoms with Crippen molar-refractivity contribution in [1.82, 2.24) is 0 Å². The van der Waals surface area contributed by atoms with E-state index >= 15 is 0 Å². The summed E-state index contributed by atoms with van der Waals surface area (Å²) >= 11 is 0. The summed E-state index contributed by atoms with van der Waals surface area (Å²) in [5, 5.41) is 10.0. The smallest absolute Gasteiger partial charge is 0.159 e. The molecule has 2 aromatic carbocycles. The van der Waals surface area contributed by atoms with Crippen molar-refractivity contribution in [3.05, 3.63) is 59.2 Å². The van der Waals surface area contributed by atoms with Gasteiger partial charge in [0.15, 0.2) is 6.29 Å². The normalized spacial score (nSPS) is 21.9. The van der Waals surface area contributed by atoms with Crippen LogP contribution in [-0.2, 0) is 15.9 Å². The second-order valence-corrected chi connectivity index (χ2v) is 10.0. The average Bonchev–Trinajstić information content (AvgIpc) is 2.80. The van der Waals surface area contributed by atoms with E-state index in [4.69, 9.17) is 9.47 Å². The van der Waals surface area contributed by atoms with E-state index in [0.29, 0.717) is 29.4 Å². The number of aryl methyl sites for hydroxylation is 1. The summed E-state index contributed by atoms with van der Waals surface area (Å²) in [6.45, 7) is 6.73. The van der Waals surface area contributed by atoms with Crippen molar-refractivity contribution in [3.8, 4) is 5.75 Å². The minimum absolute atomic E-state index is 0.0942. The lowest BCUT2D eigenvalue weighted by molar-refractivity contribution is -0.141. The monoisotopic (exact) mass is 437 g/mol. The molecule has 0 bridgehead atoms. The molecule has 0 amide bonds. The summed E-state index contributed by atoms with van der Waals surface area (Å²) in [4.78, 5) is 2.49. The molecule has 1 unspecified atom stereocenters. The topological polar surface area (TPSA) is 41.9 Å². The quantitative estimate of drug-likeness (QED) is 0.542. The second kappa shape index (κ2) is 10.3. The summed E-state index contributed by atoms with van der Waals surface area (Å²) in [5.41, 5.74) is 5.42. The number of methoxy groups -OCH3 is 2. The molecule has 4 heteroatoms. The van der Waals surface area contributed by atoms with Crippen LogP contribution in [0.1, 0.15) is 62.1 Å². The molecule has 174 valence electrons. The number of nitrogens with zero attached hydrogens (tertiary/aromatic N) is 1. The first kappa shape index (κ1) is 23.1. The lowest BCUT2D eigenvalue weighted by Gasteiger charge is -2.37. The van der Waals surface area contributed by atoms with Gasteiger partial charge in [-0.25, -0.2) is 0 Å². The molecule has 1 saturated heterocycles. The highest BCUT2D eigenvalue weighted by atomic mass is 16.7. The Labute approximate surface area is 193 Å². The maximum absolute atomic E-state index is 10.0. The third-order valence-electron chi connectivity index (χ3n) is 7.50. The molecule has 4 rings (SSSR count). The Balaban J connectivity index is 1.52. The van der Waals surface area contributed by atoms with Crippen LogP contribution < -0.4 is 4.90 Å². The van der Waals surface area contributed by atoms with E-state index in [1.54, 1.807) is 14.2 Å². The summed E-state index contributed by atoms with van der Waals surface area (Å²) in [6, 6.07) is 15.3. The number of hydrogen-bond donors (Lipinski definition) is 1. The molecule has 2 aromatic rings. The first-order valence-corrected chi connectivity index (χ1v) is 12.2. The van der Waals surface area contributed by atoms with Gasteiger partial charge in [-0.05, 0) is 84.9 Å². The summed E-state index contributed by atoms with van der Waals surface area (Å²) < 4.78 is 11.0. The van der Waals surface area contributed by atoms with Gasteiger partial charge in [0, 0.05) is 44.8 Å².